The van der Waals surface area contributed by atoms with Crippen LogP contribution in [0, 0.1) is 15.5 Å². The number of anilines is 1. The molecule has 2 N–H and O–H groups in total. The van der Waals surface area contributed by atoms with E-state index >= 15 is 0 Å². The Morgan fingerprint density at radius 1 is 1.38 bits per heavy atom. The molecule has 0 radical (unpaired) electrons. The van der Waals surface area contributed by atoms with E-state index in [1.807, 2.05) is 0 Å². The van der Waals surface area contributed by atoms with Crippen LogP contribution in [-0.2, 0) is 4.79 Å². The number of hydrogen-bond acceptors (Lipinski definition) is 5. The summed E-state index contributed by atoms with van der Waals surface area (Å²) in [5.41, 5.74) is -0.324. The van der Waals surface area contributed by atoms with Crippen molar-refractivity contribution in [3.8, 4) is 0 Å². The molecule has 1 heterocycles. The standard InChI is InChI=1S/C14H15N3O4/c1-14(2,13(18)19)8-16-11-3-4-12(17(20)21)10-7-15-6-5-9(10)11/h3-7,16H,8H2,1-2H3,(H,18,19). The van der Waals surface area contributed by atoms with E-state index in [0.29, 0.717) is 16.5 Å². The van der Waals surface area contributed by atoms with Crippen LogP contribution in [0.5, 0.6) is 0 Å². The molecule has 1 aromatic heterocycles. The van der Waals surface area contributed by atoms with Crippen molar-refractivity contribution in [3.05, 3.63) is 40.7 Å². The Balaban J connectivity index is 2.40. The normalized spacial score (nSPS) is 11.3. The van der Waals surface area contributed by atoms with Crippen LogP contribution in [0.25, 0.3) is 10.8 Å². The molecular formula is C14H15N3O4. The molecule has 0 unspecified atom stereocenters. The molecule has 2 rings (SSSR count). The number of non-ortho nitro benzene ring substituents is 1. The molecule has 110 valence electrons. The lowest BCUT2D eigenvalue weighted by Gasteiger charge is -2.21. The molecule has 0 aliphatic rings. The molecule has 1 aromatic carbocycles. The van der Waals surface area contributed by atoms with E-state index in [2.05, 4.69) is 10.3 Å². The molecule has 0 aliphatic heterocycles. The fourth-order valence-electron chi connectivity index (χ4n) is 1.88. The van der Waals surface area contributed by atoms with Crippen molar-refractivity contribution < 1.29 is 14.8 Å². The molecule has 7 heteroatoms. The van der Waals surface area contributed by atoms with Gasteiger partial charge in [0.2, 0.25) is 0 Å². The van der Waals surface area contributed by atoms with Crippen LogP contribution in [0.4, 0.5) is 11.4 Å². The molecule has 0 spiro atoms. The van der Waals surface area contributed by atoms with Gasteiger partial charge in [-0.3, -0.25) is 19.9 Å². The van der Waals surface area contributed by atoms with E-state index in [1.54, 1.807) is 32.2 Å². The number of fused-ring (bicyclic) bond motifs is 1. The Labute approximate surface area is 120 Å². The van der Waals surface area contributed by atoms with Crippen molar-refractivity contribution >= 4 is 28.1 Å². The molecular weight excluding hydrogens is 274 g/mol. The molecule has 7 nitrogen and oxygen atoms in total. The second kappa shape index (κ2) is 5.35. The van der Waals surface area contributed by atoms with Crippen molar-refractivity contribution in [3.63, 3.8) is 0 Å². The third-order valence-corrected chi connectivity index (χ3v) is 3.29. The number of nitro groups is 1. The van der Waals surface area contributed by atoms with Gasteiger partial charge in [0.15, 0.2) is 0 Å². The van der Waals surface area contributed by atoms with Crippen LogP contribution in [-0.4, -0.2) is 27.5 Å². The lowest BCUT2D eigenvalue weighted by atomic mass is 9.93. The molecule has 0 bridgehead atoms. The number of nitrogens with one attached hydrogen (secondary N) is 1. The highest BCUT2D eigenvalue weighted by Crippen LogP contribution is 2.31. The van der Waals surface area contributed by atoms with E-state index in [0.717, 1.165) is 0 Å². The number of carbonyl (C=O) groups is 1. The predicted molar refractivity (Wildman–Crippen MR) is 78.3 cm³/mol. The van der Waals surface area contributed by atoms with Crippen LogP contribution >= 0.6 is 0 Å². The van der Waals surface area contributed by atoms with Gasteiger partial charge >= 0.3 is 5.97 Å². The summed E-state index contributed by atoms with van der Waals surface area (Å²) >= 11 is 0. The number of hydrogen-bond donors (Lipinski definition) is 2. The quantitative estimate of drug-likeness (QED) is 0.647. The molecule has 0 fully saturated rings. The fraction of sp³-hybridized carbons (Fsp3) is 0.286. The van der Waals surface area contributed by atoms with Gasteiger partial charge in [0.25, 0.3) is 5.69 Å². The zero-order valence-electron chi connectivity index (χ0n) is 11.7. The predicted octanol–water partition coefficient (Wildman–Crippen LogP) is 2.67. The number of nitro benzene ring substituents is 1. The lowest BCUT2D eigenvalue weighted by Crippen LogP contribution is -2.31. The summed E-state index contributed by atoms with van der Waals surface area (Å²) in [6.07, 6.45) is 2.97. The van der Waals surface area contributed by atoms with Gasteiger partial charge in [-0.2, -0.15) is 0 Å². The van der Waals surface area contributed by atoms with Gasteiger partial charge in [-0.1, -0.05) is 0 Å². The summed E-state index contributed by atoms with van der Waals surface area (Å²) in [5.74, 6) is -0.914. The monoisotopic (exact) mass is 289 g/mol. The Hall–Kier alpha value is -2.70. The number of nitrogens with zero attached hydrogens (tertiary/aromatic N) is 2. The number of aromatic nitrogens is 1. The zero-order valence-corrected chi connectivity index (χ0v) is 11.7. The minimum absolute atomic E-state index is 0.0267. The van der Waals surface area contributed by atoms with Crippen molar-refractivity contribution in [1.82, 2.24) is 4.98 Å². The van der Waals surface area contributed by atoms with E-state index in [1.165, 1.54) is 12.3 Å². The van der Waals surface area contributed by atoms with Gasteiger partial charge in [0.1, 0.15) is 0 Å². The maximum Gasteiger partial charge on any atom is 0.310 e. The second-order valence-corrected chi connectivity index (χ2v) is 5.35. The number of carboxylic acid groups (broad SMARTS) is 1. The maximum atomic E-state index is 11.1. The first kappa shape index (κ1) is 14.7. The van der Waals surface area contributed by atoms with Crippen LogP contribution in [0.3, 0.4) is 0 Å². The molecule has 21 heavy (non-hydrogen) atoms. The number of benzene rings is 1. The van der Waals surface area contributed by atoms with E-state index in [4.69, 9.17) is 5.11 Å². The molecule has 0 aliphatic carbocycles. The highest BCUT2D eigenvalue weighted by Gasteiger charge is 2.27. The summed E-state index contributed by atoms with van der Waals surface area (Å²) in [5, 5.41) is 24.2. The van der Waals surface area contributed by atoms with Gasteiger partial charge in [-0.15, -0.1) is 0 Å². The number of carboxylic acids is 1. The first-order valence-electron chi connectivity index (χ1n) is 6.31. The lowest BCUT2D eigenvalue weighted by molar-refractivity contribution is -0.383. The Bertz CT molecular complexity index is 712. The minimum Gasteiger partial charge on any atom is -0.481 e. The van der Waals surface area contributed by atoms with Gasteiger partial charge in [-0.05, 0) is 26.0 Å². The van der Waals surface area contributed by atoms with Crippen LogP contribution in [0.2, 0.25) is 0 Å². The van der Waals surface area contributed by atoms with Crippen molar-refractivity contribution in [2.24, 2.45) is 5.41 Å². The van der Waals surface area contributed by atoms with Gasteiger partial charge in [0.05, 0.1) is 15.7 Å². The zero-order chi connectivity index (χ0) is 15.6. The van der Waals surface area contributed by atoms with Crippen LogP contribution < -0.4 is 5.32 Å². The van der Waals surface area contributed by atoms with E-state index in [9.17, 15) is 14.9 Å². The number of aliphatic carboxylic acids is 1. The average Bonchev–Trinajstić information content (AvgIpc) is 2.44. The Kier molecular flexibility index (Phi) is 3.75. The first-order chi connectivity index (χ1) is 9.83. The molecule has 0 saturated heterocycles. The van der Waals surface area contributed by atoms with E-state index < -0.39 is 16.3 Å². The van der Waals surface area contributed by atoms with Crippen molar-refractivity contribution in [2.45, 2.75) is 13.8 Å². The molecule has 0 saturated carbocycles. The summed E-state index contributed by atoms with van der Waals surface area (Å²) in [4.78, 5) is 25.6. The number of pyridine rings is 1. The fourth-order valence-corrected chi connectivity index (χ4v) is 1.88. The highest BCUT2D eigenvalue weighted by molar-refractivity contribution is 5.99. The van der Waals surface area contributed by atoms with Crippen molar-refractivity contribution in [2.75, 3.05) is 11.9 Å². The number of rotatable bonds is 5. The summed E-state index contributed by atoms with van der Waals surface area (Å²) in [7, 11) is 0. The third kappa shape index (κ3) is 2.91. The van der Waals surface area contributed by atoms with Crippen LogP contribution in [0.1, 0.15) is 13.8 Å². The summed E-state index contributed by atoms with van der Waals surface area (Å²) in [6.45, 7) is 3.42. The molecule has 0 atom stereocenters. The Morgan fingerprint density at radius 2 is 2.10 bits per heavy atom. The van der Waals surface area contributed by atoms with Gasteiger partial charge in [-0.25, -0.2) is 0 Å². The van der Waals surface area contributed by atoms with Crippen molar-refractivity contribution in [1.29, 1.82) is 0 Å². The average molecular weight is 289 g/mol. The topological polar surface area (TPSA) is 105 Å². The van der Waals surface area contributed by atoms with Gasteiger partial charge < -0.3 is 10.4 Å². The summed E-state index contributed by atoms with van der Waals surface area (Å²) in [6, 6.07) is 4.64. The van der Waals surface area contributed by atoms with Gasteiger partial charge in [0, 0.05) is 36.1 Å². The highest BCUT2D eigenvalue weighted by atomic mass is 16.6. The van der Waals surface area contributed by atoms with Crippen LogP contribution in [0.15, 0.2) is 30.6 Å². The largest absolute Gasteiger partial charge is 0.481 e. The maximum absolute atomic E-state index is 11.1. The smallest absolute Gasteiger partial charge is 0.310 e. The first-order valence-corrected chi connectivity index (χ1v) is 6.31. The molecule has 2 aromatic rings. The third-order valence-electron chi connectivity index (χ3n) is 3.29. The Morgan fingerprint density at radius 3 is 2.71 bits per heavy atom. The molecule has 0 amide bonds. The van der Waals surface area contributed by atoms with E-state index in [-0.39, 0.29) is 12.2 Å². The minimum atomic E-state index is -0.943. The summed E-state index contributed by atoms with van der Waals surface area (Å²) < 4.78 is 0. The SMILES string of the molecule is CC(C)(CNc1ccc([N+](=O)[O-])c2cnccc12)C(=O)O. The second-order valence-electron chi connectivity index (χ2n) is 5.35.